The lowest BCUT2D eigenvalue weighted by Crippen LogP contribution is -2.11. The highest BCUT2D eigenvalue weighted by atomic mass is 19.4. The molecule has 2 aromatic rings. The molecule has 0 spiro atoms. The minimum absolute atomic E-state index is 0.0310. The average Bonchev–Trinajstić information content (AvgIpc) is 2.74. The quantitative estimate of drug-likeness (QED) is 0.864. The number of imidazole rings is 1. The number of hydrogen-bond acceptors (Lipinski definition) is 2. The van der Waals surface area contributed by atoms with Crippen molar-refractivity contribution in [3.8, 4) is 0 Å². The third-order valence-electron chi connectivity index (χ3n) is 2.93. The van der Waals surface area contributed by atoms with Crippen molar-refractivity contribution in [3.05, 3.63) is 53.6 Å². The SMILES string of the molecule is Cn1ccnc1CC(=O)Cc1cccc(C(F)(F)F)c1. The molecule has 0 unspecified atom stereocenters. The molecule has 106 valence electrons. The Bertz CT molecular complexity index is 617. The molecule has 0 N–H and O–H groups in total. The van der Waals surface area contributed by atoms with Crippen molar-refractivity contribution >= 4 is 5.78 Å². The van der Waals surface area contributed by atoms with Crippen LogP contribution in [0, 0.1) is 0 Å². The van der Waals surface area contributed by atoms with Crippen molar-refractivity contribution in [2.45, 2.75) is 19.0 Å². The molecule has 0 atom stereocenters. The number of Topliss-reactive ketones (excluding diaryl/α,β-unsaturated/α-hetero) is 1. The van der Waals surface area contributed by atoms with E-state index in [0.717, 1.165) is 12.1 Å². The van der Waals surface area contributed by atoms with Crippen LogP contribution in [0.25, 0.3) is 0 Å². The molecule has 0 aliphatic carbocycles. The Balaban J connectivity index is 2.07. The first-order chi connectivity index (χ1) is 9.36. The summed E-state index contributed by atoms with van der Waals surface area (Å²) in [5.41, 5.74) is -0.376. The van der Waals surface area contributed by atoms with Crippen LogP contribution in [0.15, 0.2) is 36.7 Å². The minimum atomic E-state index is -4.39. The van der Waals surface area contributed by atoms with E-state index in [9.17, 15) is 18.0 Å². The fraction of sp³-hybridized carbons (Fsp3) is 0.286. The molecule has 0 saturated carbocycles. The largest absolute Gasteiger partial charge is 0.416 e. The number of aryl methyl sites for hydroxylation is 1. The number of halogens is 3. The lowest BCUT2D eigenvalue weighted by Gasteiger charge is -2.08. The summed E-state index contributed by atoms with van der Waals surface area (Å²) in [5, 5.41) is 0. The number of nitrogens with zero attached hydrogens (tertiary/aromatic N) is 2. The molecular formula is C14H13F3N2O. The zero-order valence-electron chi connectivity index (χ0n) is 10.8. The van der Waals surface area contributed by atoms with Gasteiger partial charge < -0.3 is 4.57 Å². The molecule has 20 heavy (non-hydrogen) atoms. The first-order valence-electron chi connectivity index (χ1n) is 6.00. The fourth-order valence-corrected chi connectivity index (χ4v) is 1.89. The maximum absolute atomic E-state index is 12.6. The maximum atomic E-state index is 12.6. The van der Waals surface area contributed by atoms with Crippen LogP contribution in [0.4, 0.5) is 13.2 Å². The molecule has 2 rings (SSSR count). The number of hydrogen-bond donors (Lipinski definition) is 0. The minimum Gasteiger partial charge on any atom is -0.338 e. The molecule has 0 aliphatic heterocycles. The number of aromatic nitrogens is 2. The van der Waals surface area contributed by atoms with Crippen LogP contribution in [0.5, 0.6) is 0 Å². The number of benzene rings is 1. The number of carbonyl (C=O) groups is 1. The number of rotatable bonds is 4. The van der Waals surface area contributed by atoms with Crippen LogP contribution in [-0.2, 0) is 30.9 Å². The van der Waals surface area contributed by atoms with Gasteiger partial charge in [-0.1, -0.05) is 18.2 Å². The maximum Gasteiger partial charge on any atom is 0.416 e. The Labute approximate surface area is 114 Å². The lowest BCUT2D eigenvalue weighted by molar-refractivity contribution is -0.137. The Morgan fingerprint density at radius 1 is 1.30 bits per heavy atom. The van der Waals surface area contributed by atoms with Crippen LogP contribution in [0.3, 0.4) is 0 Å². The van der Waals surface area contributed by atoms with Gasteiger partial charge in [0.2, 0.25) is 0 Å². The van der Waals surface area contributed by atoms with Crippen molar-refractivity contribution in [3.63, 3.8) is 0 Å². The zero-order valence-corrected chi connectivity index (χ0v) is 10.8. The topological polar surface area (TPSA) is 34.9 Å². The van der Waals surface area contributed by atoms with E-state index in [1.807, 2.05) is 0 Å². The Morgan fingerprint density at radius 3 is 2.65 bits per heavy atom. The van der Waals surface area contributed by atoms with Gasteiger partial charge in [0.05, 0.1) is 12.0 Å². The molecule has 1 aromatic carbocycles. The normalized spacial score (nSPS) is 11.6. The highest BCUT2D eigenvalue weighted by molar-refractivity contribution is 5.82. The van der Waals surface area contributed by atoms with Crippen LogP contribution in [0.2, 0.25) is 0 Å². The van der Waals surface area contributed by atoms with Gasteiger partial charge in [0, 0.05) is 25.9 Å². The van der Waals surface area contributed by atoms with Gasteiger partial charge >= 0.3 is 6.18 Å². The van der Waals surface area contributed by atoms with Gasteiger partial charge in [-0.2, -0.15) is 13.2 Å². The second-order valence-electron chi connectivity index (χ2n) is 4.54. The van der Waals surface area contributed by atoms with E-state index < -0.39 is 11.7 Å². The van der Waals surface area contributed by atoms with Crippen molar-refractivity contribution in [1.29, 1.82) is 0 Å². The van der Waals surface area contributed by atoms with Gasteiger partial charge in [-0.05, 0) is 11.6 Å². The second kappa shape index (κ2) is 5.48. The summed E-state index contributed by atoms with van der Waals surface area (Å²) in [7, 11) is 1.76. The Morgan fingerprint density at radius 2 is 2.05 bits per heavy atom. The Kier molecular flexibility index (Phi) is 3.92. The van der Waals surface area contributed by atoms with Gasteiger partial charge in [-0.15, -0.1) is 0 Å². The first kappa shape index (κ1) is 14.3. The summed E-state index contributed by atoms with van der Waals surface area (Å²) < 4.78 is 39.4. The summed E-state index contributed by atoms with van der Waals surface area (Å²) in [6.45, 7) is 0. The molecule has 0 radical (unpaired) electrons. The first-order valence-corrected chi connectivity index (χ1v) is 6.00. The fourth-order valence-electron chi connectivity index (χ4n) is 1.89. The monoisotopic (exact) mass is 282 g/mol. The molecule has 1 heterocycles. The molecular weight excluding hydrogens is 269 g/mol. The standard InChI is InChI=1S/C14H13F3N2O/c1-19-6-5-18-13(19)9-12(20)8-10-3-2-4-11(7-10)14(15,16)17/h2-7H,8-9H2,1H3. The average molecular weight is 282 g/mol. The second-order valence-corrected chi connectivity index (χ2v) is 4.54. The molecule has 0 aliphatic rings. The summed E-state index contributed by atoms with van der Waals surface area (Å²) in [5.74, 6) is 0.431. The highest BCUT2D eigenvalue weighted by Crippen LogP contribution is 2.29. The van der Waals surface area contributed by atoms with E-state index >= 15 is 0 Å². The third-order valence-corrected chi connectivity index (χ3v) is 2.93. The number of alkyl halides is 3. The van der Waals surface area contributed by atoms with Gasteiger partial charge in [0.1, 0.15) is 11.6 Å². The van der Waals surface area contributed by atoms with Gasteiger partial charge in [-0.3, -0.25) is 4.79 Å². The van der Waals surface area contributed by atoms with Gasteiger partial charge in [0.25, 0.3) is 0 Å². The number of ketones is 1. The van der Waals surface area contributed by atoms with E-state index in [4.69, 9.17) is 0 Å². The van der Waals surface area contributed by atoms with Crippen molar-refractivity contribution in [2.75, 3.05) is 0 Å². The summed E-state index contributed by atoms with van der Waals surface area (Å²) in [6.07, 6.45) is -1.02. The van der Waals surface area contributed by atoms with Gasteiger partial charge in [-0.25, -0.2) is 4.98 Å². The summed E-state index contributed by atoms with van der Waals surface area (Å²) in [4.78, 5) is 15.9. The zero-order chi connectivity index (χ0) is 14.8. The highest BCUT2D eigenvalue weighted by Gasteiger charge is 2.30. The molecule has 0 saturated heterocycles. The van der Waals surface area contributed by atoms with Crippen LogP contribution < -0.4 is 0 Å². The molecule has 1 aromatic heterocycles. The van der Waals surface area contributed by atoms with Crippen LogP contribution in [-0.4, -0.2) is 15.3 Å². The molecule has 0 bridgehead atoms. The lowest BCUT2D eigenvalue weighted by atomic mass is 10.0. The molecule has 3 nitrogen and oxygen atoms in total. The molecule has 6 heteroatoms. The predicted octanol–water partition coefficient (Wildman–Crippen LogP) is 2.79. The van der Waals surface area contributed by atoms with Crippen LogP contribution in [0.1, 0.15) is 17.0 Å². The molecule has 0 fully saturated rings. The van der Waals surface area contributed by atoms with Gasteiger partial charge in [0.15, 0.2) is 0 Å². The summed E-state index contributed by atoms with van der Waals surface area (Å²) >= 11 is 0. The van der Waals surface area contributed by atoms with Crippen molar-refractivity contribution < 1.29 is 18.0 Å². The van der Waals surface area contributed by atoms with Crippen molar-refractivity contribution in [2.24, 2.45) is 7.05 Å². The van der Waals surface area contributed by atoms with E-state index in [2.05, 4.69) is 4.98 Å². The third kappa shape index (κ3) is 3.46. The Hall–Kier alpha value is -2.11. The van der Waals surface area contributed by atoms with E-state index in [0.29, 0.717) is 11.4 Å². The predicted molar refractivity (Wildman–Crippen MR) is 67.1 cm³/mol. The van der Waals surface area contributed by atoms with E-state index in [1.165, 1.54) is 12.1 Å². The van der Waals surface area contributed by atoms with Crippen LogP contribution >= 0.6 is 0 Å². The van der Waals surface area contributed by atoms with E-state index in [1.54, 1.807) is 24.0 Å². The summed E-state index contributed by atoms with van der Waals surface area (Å²) in [6, 6.07) is 4.83. The molecule has 0 amide bonds. The van der Waals surface area contributed by atoms with Crippen molar-refractivity contribution in [1.82, 2.24) is 9.55 Å². The van der Waals surface area contributed by atoms with E-state index in [-0.39, 0.29) is 18.6 Å². The smallest absolute Gasteiger partial charge is 0.338 e. The number of carbonyl (C=O) groups excluding carboxylic acids is 1.